The van der Waals surface area contributed by atoms with Crippen LogP contribution in [-0.4, -0.2) is 24.5 Å². The summed E-state index contributed by atoms with van der Waals surface area (Å²) in [7, 11) is 1.68. The first-order valence-corrected chi connectivity index (χ1v) is 7.80. The minimum absolute atomic E-state index is 0.0749. The average molecular weight is 300 g/mol. The van der Waals surface area contributed by atoms with Gasteiger partial charge in [0.1, 0.15) is 5.75 Å². The molecule has 1 aliphatic carbocycles. The lowest BCUT2D eigenvalue weighted by Crippen LogP contribution is -2.39. The van der Waals surface area contributed by atoms with E-state index in [1.807, 2.05) is 32.9 Å². The molecule has 3 rings (SSSR count). The summed E-state index contributed by atoms with van der Waals surface area (Å²) in [6, 6.07) is 6.08. The SMILES string of the molecule is COc1ccc2[nH]cc(C3(CNC(=O)C(C)(C)C)CC3)c2c1. The first-order valence-electron chi connectivity index (χ1n) is 7.80. The molecule has 1 heterocycles. The second-order valence-electron chi connectivity index (χ2n) is 7.33. The number of aromatic nitrogens is 1. The van der Waals surface area contributed by atoms with Crippen LogP contribution in [0.3, 0.4) is 0 Å². The molecular weight excluding hydrogens is 276 g/mol. The molecule has 1 saturated carbocycles. The van der Waals surface area contributed by atoms with Gasteiger partial charge in [0, 0.05) is 34.5 Å². The largest absolute Gasteiger partial charge is 0.497 e. The van der Waals surface area contributed by atoms with Crippen LogP contribution in [0.4, 0.5) is 0 Å². The fourth-order valence-electron chi connectivity index (χ4n) is 2.87. The predicted octanol–water partition coefficient (Wildman–Crippen LogP) is 3.37. The number of ether oxygens (including phenoxy) is 1. The molecule has 1 fully saturated rings. The maximum atomic E-state index is 12.1. The summed E-state index contributed by atoms with van der Waals surface area (Å²) < 4.78 is 5.34. The van der Waals surface area contributed by atoms with Gasteiger partial charge in [0.15, 0.2) is 0 Å². The second-order valence-corrected chi connectivity index (χ2v) is 7.33. The van der Waals surface area contributed by atoms with Crippen molar-refractivity contribution in [2.24, 2.45) is 5.41 Å². The van der Waals surface area contributed by atoms with Crippen LogP contribution in [0, 0.1) is 5.41 Å². The van der Waals surface area contributed by atoms with E-state index in [1.165, 1.54) is 10.9 Å². The Morgan fingerprint density at radius 3 is 2.68 bits per heavy atom. The molecule has 4 nitrogen and oxygen atoms in total. The Labute approximate surface area is 131 Å². The summed E-state index contributed by atoms with van der Waals surface area (Å²) in [5.41, 5.74) is 2.13. The lowest BCUT2D eigenvalue weighted by Gasteiger charge is -2.21. The molecule has 4 heteroatoms. The number of rotatable bonds is 4. The van der Waals surface area contributed by atoms with Crippen LogP contribution in [0.15, 0.2) is 24.4 Å². The topological polar surface area (TPSA) is 54.1 Å². The van der Waals surface area contributed by atoms with Gasteiger partial charge in [-0.3, -0.25) is 4.79 Å². The van der Waals surface area contributed by atoms with Gasteiger partial charge in [-0.1, -0.05) is 20.8 Å². The molecule has 0 atom stereocenters. The van der Waals surface area contributed by atoms with Gasteiger partial charge in [-0.15, -0.1) is 0 Å². The molecule has 1 aromatic heterocycles. The van der Waals surface area contributed by atoms with Crippen molar-refractivity contribution in [2.75, 3.05) is 13.7 Å². The smallest absolute Gasteiger partial charge is 0.225 e. The number of hydrogen-bond donors (Lipinski definition) is 2. The van der Waals surface area contributed by atoms with Crippen molar-refractivity contribution in [1.82, 2.24) is 10.3 Å². The van der Waals surface area contributed by atoms with Crippen molar-refractivity contribution in [3.8, 4) is 5.75 Å². The Morgan fingerprint density at radius 2 is 2.09 bits per heavy atom. The molecule has 2 N–H and O–H groups in total. The molecule has 0 spiro atoms. The third-order valence-corrected chi connectivity index (χ3v) is 4.58. The highest BCUT2D eigenvalue weighted by molar-refractivity contribution is 5.87. The number of benzene rings is 1. The summed E-state index contributed by atoms with van der Waals surface area (Å²) in [4.78, 5) is 15.5. The van der Waals surface area contributed by atoms with Gasteiger partial charge < -0.3 is 15.0 Å². The van der Waals surface area contributed by atoms with Crippen molar-refractivity contribution >= 4 is 16.8 Å². The number of carbonyl (C=O) groups excluding carboxylic acids is 1. The molecule has 0 bridgehead atoms. The van der Waals surface area contributed by atoms with Crippen LogP contribution in [0.25, 0.3) is 10.9 Å². The number of carbonyl (C=O) groups is 1. The second kappa shape index (κ2) is 5.04. The number of amides is 1. The number of nitrogens with one attached hydrogen (secondary N) is 2. The molecule has 1 aromatic carbocycles. The van der Waals surface area contributed by atoms with Crippen LogP contribution in [-0.2, 0) is 10.2 Å². The van der Waals surface area contributed by atoms with Gasteiger partial charge in [0.2, 0.25) is 5.91 Å². The average Bonchev–Trinajstić information content (AvgIpc) is 3.14. The molecule has 0 radical (unpaired) electrons. The van der Waals surface area contributed by atoms with Gasteiger partial charge in [0.25, 0.3) is 0 Å². The van der Waals surface area contributed by atoms with Crippen molar-refractivity contribution in [2.45, 2.75) is 39.0 Å². The van der Waals surface area contributed by atoms with Crippen LogP contribution < -0.4 is 10.1 Å². The van der Waals surface area contributed by atoms with Crippen molar-refractivity contribution < 1.29 is 9.53 Å². The number of aromatic amines is 1. The van der Waals surface area contributed by atoms with E-state index < -0.39 is 0 Å². The van der Waals surface area contributed by atoms with Gasteiger partial charge in [-0.2, -0.15) is 0 Å². The summed E-state index contributed by atoms with van der Waals surface area (Å²) in [5.74, 6) is 0.971. The summed E-state index contributed by atoms with van der Waals surface area (Å²) in [5, 5.41) is 4.32. The van der Waals surface area contributed by atoms with Gasteiger partial charge in [-0.05, 0) is 36.6 Å². The first-order chi connectivity index (χ1) is 10.4. The van der Waals surface area contributed by atoms with Crippen molar-refractivity contribution in [3.63, 3.8) is 0 Å². The third-order valence-electron chi connectivity index (χ3n) is 4.58. The lowest BCUT2D eigenvalue weighted by atomic mass is 9.92. The Hall–Kier alpha value is -1.97. The number of H-pyrrole nitrogens is 1. The van der Waals surface area contributed by atoms with Crippen LogP contribution in [0.5, 0.6) is 5.75 Å². The molecule has 1 aliphatic rings. The van der Waals surface area contributed by atoms with Gasteiger partial charge in [0.05, 0.1) is 7.11 Å². The fraction of sp³-hybridized carbons (Fsp3) is 0.500. The number of fused-ring (bicyclic) bond motifs is 1. The Morgan fingerprint density at radius 1 is 1.36 bits per heavy atom. The standard InChI is InChI=1S/C18H24N2O2/c1-17(2,3)16(21)20-11-18(7-8-18)14-10-19-15-6-5-12(22-4)9-13(14)15/h5-6,9-10,19H,7-8,11H2,1-4H3,(H,20,21). The quantitative estimate of drug-likeness (QED) is 0.909. The summed E-state index contributed by atoms with van der Waals surface area (Å²) >= 11 is 0. The van der Waals surface area contributed by atoms with E-state index in [-0.39, 0.29) is 16.7 Å². The minimum atomic E-state index is -0.348. The van der Waals surface area contributed by atoms with Crippen molar-refractivity contribution in [3.05, 3.63) is 30.0 Å². The van der Waals surface area contributed by atoms with Gasteiger partial charge >= 0.3 is 0 Å². The molecule has 118 valence electrons. The molecule has 0 unspecified atom stereocenters. The third kappa shape index (κ3) is 2.58. The Balaban J connectivity index is 1.85. The number of hydrogen-bond acceptors (Lipinski definition) is 2. The lowest BCUT2D eigenvalue weighted by molar-refractivity contribution is -0.128. The van der Waals surface area contributed by atoms with Crippen LogP contribution in [0.2, 0.25) is 0 Å². The summed E-state index contributed by atoms with van der Waals surface area (Å²) in [6.07, 6.45) is 4.31. The van der Waals surface area contributed by atoms with E-state index in [0.29, 0.717) is 6.54 Å². The molecule has 0 aliphatic heterocycles. The Kier molecular flexibility index (Phi) is 3.42. The van der Waals surface area contributed by atoms with E-state index >= 15 is 0 Å². The first kappa shape index (κ1) is 14.9. The van der Waals surface area contributed by atoms with E-state index in [2.05, 4.69) is 22.6 Å². The van der Waals surface area contributed by atoms with E-state index in [0.717, 1.165) is 24.1 Å². The molecule has 0 saturated heterocycles. The predicted molar refractivity (Wildman–Crippen MR) is 88.2 cm³/mol. The molecule has 1 amide bonds. The highest BCUT2D eigenvalue weighted by Crippen LogP contribution is 2.50. The highest BCUT2D eigenvalue weighted by atomic mass is 16.5. The van der Waals surface area contributed by atoms with E-state index in [1.54, 1.807) is 7.11 Å². The van der Waals surface area contributed by atoms with E-state index in [4.69, 9.17) is 4.74 Å². The maximum Gasteiger partial charge on any atom is 0.225 e. The fourth-order valence-corrected chi connectivity index (χ4v) is 2.87. The van der Waals surface area contributed by atoms with Crippen LogP contribution >= 0.6 is 0 Å². The Bertz CT molecular complexity index is 705. The molecule has 22 heavy (non-hydrogen) atoms. The maximum absolute atomic E-state index is 12.1. The normalized spacial score (nSPS) is 16.5. The highest BCUT2D eigenvalue weighted by Gasteiger charge is 2.46. The summed E-state index contributed by atoms with van der Waals surface area (Å²) in [6.45, 7) is 6.53. The number of methoxy groups -OCH3 is 1. The van der Waals surface area contributed by atoms with Crippen LogP contribution in [0.1, 0.15) is 39.2 Å². The molecule has 2 aromatic rings. The van der Waals surface area contributed by atoms with E-state index in [9.17, 15) is 4.79 Å². The monoisotopic (exact) mass is 300 g/mol. The zero-order valence-corrected chi connectivity index (χ0v) is 13.7. The zero-order chi connectivity index (χ0) is 16.0. The minimum Gasteiger partial charge on any atom is -0.497 e. The zero-order valence-electron chi connectivity index (χ0n) is 13.7. The van der Waals surface area contributed by atoms with Gasteiger partial charge in [-0.25, -0.2) is 0 Å². The molecular formula is C18H24N2O2. The van der Waals surface area contributed by atoms with Crippen molar-refractivity contribution in [1.29, 1.82) is 0 Å².